The molecule has 24 atom stereocenters. The first-order chi connectivity index (χ1) is 40.9. The van der Waals surface area contributed by atoms with E-state index in [0.717, 1.165) is 25.7 Å². The van der Waals surface area contributed by atoms with Crippen molar-refractivity contribution in [1.29, 1.82) is 0 Å². The van der Waals surface area contributed by atoms with E-state index < -0.39 is 0 Å². The highest BCUT2D eigenvalue weighted by atomic mass is 16.7. The van der Waals surface area contributed by atoms with E-state index >= 15 is 0 Å². The Hall–Kier alpha value is -0.440. The van der Waals surface area contributed by atoms with Gasteiger partial charge in [0.25, 0.3) is 0 Å². The van der Waals surface area contributed by atoms with Gasteiger partial charge in [-0.3, -0.25) is 0 Å². The molecule has 0 radical (unpaired) electrons. The van der Waals surface area contributed by atoms with E-state index in [4.69, 9.17) is 55.1 Å². The molecule has 24 unspecified atom stereocenters. The third-order valence-electron chi connectivity index (χ3n) is 25.0. The number of hydrogen-bond acceptors (Lipinski definition) is 11. The van der Waals surface area contributed by atoms with Gasteiger partial charge in [-0.2, -0.15) is 0 Å². The Morgan fingerprint density at radius 2 is 0.422 bits per heavy atom. The minimum atomic E-state index is -0.0380. The molecule has 4 saturated heterocycles. The van der Waals surface area contributed by atoms with E-state index in [1.165, 1.54) is 205 Å². The summed E-state index contributed by atoms with van der Waals surface area (Å²) >= 11 is 0. The normalized spacial score (nSPS) is 41.2. The van der Waals surface area contributed by atoms with Crippen LogP contribution in [0.4, 0.5) is 0 Å². The lowest BCUT2D eigenvalue weighted by Gasteiger charge is -2.62. The summed E-state index contributed by atoms with van der Waals surface area (Å²) in [5.74, 6) is 5.14. The van der Waals surface area contributed by atoms with Crippen molar-refractivity contribution in [2.75, 3.05) is 46.8 Å². The molecule has 0 aromatic rings. The van der Waals surface area contributed by atoms with Gasteiger partial charge in [0.15, 0.2) is 0 Å². The average molecular weight is 1170 g/mol. The van der Waals surface area contributed by atoms with Crippen LogP contribution in [0.15, 0.2) is 0 Å². The van der Waals surface area contributed by atoms with Crippen LogP contribution in [0.3, 0.4) is 0 Å². The lowest BCUT2D eigenvalue weighted by Crippen LogP contribution is -2.65. The predicted octanol–water partition coefficient (Wildman–Crippen LogP) is 15.9. The number of hydrogen-bond donors (Lipinski definition) is 3. The summed E-state index contributed by atoms with van der Waals surface area (Å²) in [7, 11) is 0. The molecule has 11 heteroatoms. The second kappa shape index (κ2) is 35.2. The molecule has 0 aromatic heterocycles. The van der Waals surface area contributed by atoms with Crippen LogP contribution < -0.4 is 17.2 Å². The van der Waals surface area contributed by atoms with Crippen molar-refractivity contribution in [3.63, 3.8) is 0 Å². The molecular formula is C72H131N3O8. The van der Waals surface area contributed by atoms with E-state index in [9.17, 15) is 0 Å². The summed E-state index contributed by atoms with van der Waals surface area (Å²) in [5.41, 5.74) is 21.8. The van der Waals surface area contributed by atoms with Crippen LogP contribution in [0.1, 0.15) is 266 Å². The van der Waals surface area contributed by atoms with Crippen LogP contribution in [0.5, 0.6) is 0 Å². The molecule has 9 rings (SSSR count). The van der Waals surface area contributed by atoms with Crippen LogP contribution in [0, 0.1) is 94.7 Å². The van der Waals surface area contributed by atoms with Crippen molar-refractivity contribution in [3.8, 4) is 0 Å². The fraction of sp³-hybridized carbons (Fsp3) is 1.00. The van der Waals surface area contributed by atoms with Crippen LogP contribution in [0.2, 0.25) is 0 Å². The van der Waals surface area contributed by atoms with E-state index in [0.29, 0.717) is 104 Å². The largest absolute Gasteiger partial charge is 0.352 e. The maximum atomic E-state index is 7.34. The number of ether oxygens (including phenoxy) is 8. The molecule has 4 aliphatic heterocycles. The molecule has 9 fully saturated rings. The molecular weight excluding hydrogens is 1030 g/mol. The molecule has 0 spiro atoms. The highest BCUT2D eigenvalue weighted by Crippen LogP contribution is 2.61. The Morgan fingerprint density at radius 1 is 0.241 bits per heavy atom. The van der Waals surface area contributed by atoms with Gasteiger partial charge in [-0.25, -0.2) is 0 Å². The standard InChI is InChI=1S/C72H131N3O8/c1-6-10-14-18-21-23-26-29-33-37-53-59-40-57-50(35-31-27-24-20-16-12-8-3)54-38-55-51(36-32-28-25-22-19-15-11-7-2)56-39-58-52(34-30-17-13-9-4)60-41-61(53)72-64(44-75)71(60)82-47-80-69(58)62(42-73)67(56)78-45-77-66(55)49(5)65(54)76-46-79-68(57)63(43-74)70(59)81-48-83-72/h49-72H,6-48,73-75H2,1-5H3. The molecule has 0 amide bonds. The highest BCUT2D eigenvalue weighted by molar-refractivity contribution is 5.11. The minimum Gasteiger partial charge on any atom is -0.352 e. The van der Waals surface area contributed by atoms with E-state index in [1.54, 1.807) is 0 Å². The zero-order chi connectivity index (χ0) is 57.9. The van der Waals surface area contributed by atoms with Crippen molar-refractivity contribution >= 4 is 0 Å². The Kier molecular flexibility index (Phi) is 28.4. The molecule has 4 heterocycles. The highest BCUT2D eigenvalue weighted by Gasteiger charge is 2.63. The Bertz CT molecular complexity index is 1760. The van der Waals surface area contributed by atoms with Gasteiger partial charge in [0.1, 0.15) is 27.2 Å². The second-order valence-corrected chi connectivity index (χ2v) is 29.6. The Balaban J connectivity index is 1.18. The van der Waals surface area contributed by atoms with Crippen molar-refractivity contribution in [1.82, 2.24) is 0 Å². The van der Waals surface area contributed by atoms with Gasteiger partial charge in [-0.05, 0) is 122 Å². The molecule has 482 valence electrons. The average Bonchev–Trinajstić information content (AvgIpc) is 2.10. The van der Waals surface area contributed by atoms with Gasteiger partial charge in [-0.15, -0.1) is 0 Å². The topological polar surface area (TPSA) is 152 Å². The van der Waals surface area contributed by atoms with E-state index in [-0.39, 0.29) is 86.1 Å². The summed E-state index contributed by atoms with van der Waals surface area (Å²) < 4.78 is 58.7. The summed E-state index contributed by atoms with van der Waals surface area (Å²) in [6.45, 7) is 14.6. The second-order valence-electron chi connectivity index (χ2n) is 29.6. The zero-order valence-electron chi connectivity index (χ0n) is 54.3. The van der Waals surface area contributed by atoms with Gasteiger partial charge < -0.3 is 55.1 Å². The summed E-state index contributed by atoms with van der Waals surface area (Å²) in [5, 5.41) is 0. The molecule has 6 N–H and O–H groups in total. The van der Waals surface area contributed by atoms with E-state index in [1.807, 2.05) is 0 Å². The first-order valence-corrected chi connectivity index (χ1v) is 36.9. The van der Waals surface area contributed by atoms with Gasteiger partial charge >= 0.3 is 0 Å². The predicted molar refractivity (Wildman–Crippen MR) is 336 cm³/mol. The quantitative estimate of drug-likeness (QED) is 0.0520. The SMILES string of the molecule is CCCCCCCCCCCC1C2CC3C(CCCCCCCCC)C4CC5C(CCCCCCCCCC)C6CC7C(CCCCCC)C8CC1C1OCOC2C(CN)C3OCOC4C(C)C5OCOC6C(CN)C7OCOC8C1CN. The molecule has 8 bridgehead atoms. The van der Waals surface area contributed by atoms with Crippen molar-refractivity contribution < 1.29 is 37.9 Å². The first kappa shape index (κ1) is 67.0. The minimum absolute atomic E-state index is 0.0207. The number of rotatable bonds is 35. The molecule has 0 aromatic carbocycles. The molecule has 5 aliphatic carbocycles. The first-order valence-electron chi connectivity index (χ1n) is 36.9. The molecule has 9 aliphatic rings. The van der Waals surface area contributed by atoms with Crippen molar-refractivity contribution in [3.05, 3.63) is 0 Å². The van der Waals surface area contributed by atoms with Gasteiger partial charge in [0, 0.05) is 43.3 Å². The Morgan fingerprint density at radius 3 is 0.639 bits per heavy atom. The van der Waals surface area contributed by atoms with Gasteiger partial charge in [0.2, 0.25) is 0 Å². The zero-order valence-corrected chi connectivity index (χ0v) is 54.3. The van der Waals surface area contributed by atoms with Gasteiger partial charge in [0.05, 0.1) is 48.8 Å². The van der Waals surface area contributed by atoms with E-state index in [2.05, 4.69) is 34.6 Å². The fourth-order valence-electron chi connectivity index (χ4n) is 21.1. The molecule has 11 nitrogen and oxygen atoms in total. The van der Waals surface area contributed by atoms with Crippen molar-refractivity contribution in [2.24, 2.45) is 112 Å². The fourth-order valence-corrected chi connectivity index (χ4v) is 21.1. The summed E-state index contributed by atoms with van der Waals surface area (Å²) in [6, 6.07) is 0. The molecule has 83 heavy (non-hydrogen) atoms. The third kappa shape index (κ3) is 16.4. The van der Waals surface area contributed by atoms with Crippen LogP contribution >= 0.6 is 0 Å². The maximum absolute atomic E-state index is 7.34. The monoisotopic (exact) mass is 1170 g/mol. The summed E-state index contributed by atoms with van der Waals surface area (Å²) in [6.07, 6.45) is 46.3. The lowest BCUT2D eigenvalue weighted by molar-refractivity contribution is -0.309. The maximum Gasteiger partial charge on any atom is 0.147 e. The smallest absolute Gasteiger partial charge is 0.147 e. The summed E-state index contributed by atoms with van der Waals surface area (Å²) in [4.78, 5) is 0. The Labute approximate surface area is 509 Å². The van der Waals surface area contributed by atoms with Crippen LogP contribution in [-0.4, -0.2) is 95.6 Å². The number of nitrogens with two attached hydrogens (primary N) is 3. The third-order valence-corrected chi connectivity index (χ3v) is 25.0. The number of unbranched alkanes of at least 4 members (excludes halogenated alkanes) is 24. The van der Waals surface area contributed by atoms with Crippen LogP contribution in [-0.2, 0) is 37.9 Å². The van der Waals surface area contributed by atoms with Crippen molar-refractivity contribution in [2.45, 2.75) is 315 Å². The lowest BCUT2D eigenvalue weighted by atomic mass is 9.50. The van der Waals surface area contributed by atoms with Gasteiger partial charge in [-0.1, -0.05) is 214 Å². The molecule has 5 saturated carbocycles. The van der Waals surface area contributed by atoms with Crippen LogP contribution in [0.25, 0.3) is 0 Å².